The lowest BCUT2D eigenvalue weighted by atomic mass is 9.91. The molecule has 0 bridgehead atoms. The van der Waals surface area contributed by atoms with Gasteiger partial charge >= 0.3 is 0 Å². The molecule has 0 aromatic heterocycles. The number of carbonyl (C=O) groups is 2. The summed E-state index contributed by atoms with van der Waals surface area (Å²) in [7, 11) is 0. The van der Waals surface area contributed by atoms with Crippen LogP contribution in [0, 0.1) is 0 Å². The summed E-state index contributed by atoms with van der Waals surface area (Å²) in [6.07, 6.45) is 4.02. The first-order valence-corrected chi connectivity index (χ1v) is 8.92. The third-order valence-corrected chi connectivity index (χ3v) is 5.11. The van der Waals surface area contributed by atoms with Gasteiger partial charge in [0.1, 0.15) is 0 Å². The van der Waals surface area contributed by atoms with Crippen LogP contribution in [-0.4, -0.2) is 23.8 Å². The van der Waals surface area contributed by atoms with Crippen molar-refractivity contribution in [1.82, 2.24) is 5.32 Å². The van der Waals surface area contributed by atoms with Crippen LogP contribution in [0.15, 0.2) is 42.5 Å². The third kappa shape index (κ3) is 3.81. The van der Waals surface area contributed by atoms with Crippen molar-refractivity contribution < 1.29 is 9.59 Å². The van der Waals surface area contributed by atoms with Gasteiger partial charge in [0, 0.05) is 18.0 Å². The number of hydrogen-bond acceptors (Lipinski definition) is 3. The number of Topliss-reactive ketones (excluding diaryl/α,β-unsaturated/α-hetero) is 1. The molecule has 0 heterocycles. The molecule has 2 aliphatic carbocycles. The van der Waals surface area contributed by atoms with E-state index in [-0.39, 0.29) is 30.1 Å². The number of halogens is 1. The lowest BCUT2D eigenvalue weighted by molar-refractivity contribution is -0.119. The van der Waals surface area contributed by atoms with E-state index in [1.165, 1.54) is 5.56 Å². The summed E-state index contributed by atoms with van der Waals surface area (Å²) in [5.74, 6) is 0.0679. The predicted molar refractivity (Wildman–Crippen MR) is 105 cm³/mol. The molecule has 4 rings (SSSR count). The molecule has 0 radical (unpaired) electrons. The Kier molecular flexibility index (Phi) is 5.44. The van der Waals surface area contributed by atoms with Crippen molar-refractivity contribution in [1.29, 1.82) is 0 Å². The molecule has 4 nitrogen and oxygen atoms in total. The van der Waals surface area contributed by atoms with Crippen molar-refractivity contribution in [2.45, 2.75) is 44.2 Å². The molecule has 1 amide bonds. The second-order valence-electron chi connectivity index (χ2n) is 7.06. The van der Waals surface area contributed by atoms with Gasteiger partial charge in [-0.2, -0.15) is 0 Å². The highest BCUT2D eigenvalue weighted by Crippen LogP contribution is 2.30. The van der Waals surface area contributed by atoms with Crippen molar-refractivity contribution in [3.05, 3.63) is 59.2 Å². The molecular weight excluding hydrogens is 348 g/mol. The van der Waals surface area contributed by atoms with E-state index in [0.29, 0.717) is 24.4 Å². The first-order valence-electron chi connectivity index (χ1n) is 8.92. The minimum absolute atomic E-state index is 0. The molecule has 1 saturated carbocycles. The number of nitrogens with one attached hydrogen (secondary N) is 1. The van der Waals surface area contributed by atoms with Crippen LogP contribution >= 0.6 is 12.4 Å². The van der Waals surface area contributed by atoms with Gasteiger partial charge in [0.05, 0.1) is 6.04 Å². The number of nitrogens with two attached hydrogens (primary N) is 1. The lowest BCUT2D eigenvalue weighted by Crippen LogP contribution is -2.30. The summed E-state index contributed by atoms with van der Waals surface area (Å²) < 4.78 is 0. The van der Waals surface area contributed by atoms with Gasteiger partial charge in [-0.3, -0.25) is 9.59 Å². The van der Waals surface area contributed by atoms with Gasteiger partial charge in [-0.1, -0.05) is 30.3 Å². The SMILES string of the molecule is Cl.NC1CCc2cccc(-c3cccc(C(=O)NC4CC4)c3)c2CC1=O. The van der Waals surface area contributed by atoms with Crippen LogP contribution in [0.1, 0.15) is 40.7 Å². The van der Waals surface area contributed by atoms with Crippen molar-refractivity contribution in [3.8, 4) is 11.1 Å². The second kappa shape index (κ2) is 7.60. The van der Waals surface area contributed by atoms with E-state index < -0.39 is 0 Å². The fourth-order valence-electron chi connectivity index (χ4n) is 3.45. The summed E-state index contributed by atoms with van der Waals surface area (Å²) in [4.78, 5) is 24.6. The molecule has 3 N–H and O–H groups in total. The average molecular weight is 371 g/mol. The first-order chi connectivity index (χ1) is 12.1. The Balaban J connectivity index is 0.00000196. The van der Waals surface area contributed by atoms with Gasteiger partial charge in [-0.15, -0.1) is 12.4 Å². The standard InChI is InChI=1S/C21H22N2O2.ClH/c22-19-10-7-13-3-2-6-17(18(13)12-20(19)24)14-4-1-5-15(11-14)21(25)23-16-8-9-16;/h1-6,11,16,19H,7-10,12,22H2,(H,23,25);1H. The zero-order chi connectivity index (χ0) is 17.4. The predicted octanol–water partition coefficient (Wildman–Crippen LogP) is 3.05. The van der Waals surface area contributed by atoms with Gasteiger partial charge < -0.3 is 11.1 Å². The van der Waals surface area contributed by atoms with Crippen LogP contribution in [0.5, 0.6) is 0 Å². The van der Waals surface area contributed by atoms with E-state index in [9.17, 15) is 9.59 Å². The van der Waals surface area contributed by atoms with Crippen LogP contribution in [-0.2, 0) is 17.6 Å². The molecule has 1 unspecified atom stereocenters. The molecule has 5 heteroatoms. The molecule has 1 atom stereocenters. The Morgan fingerprint density at radius 3 is 2.62 bits per heavy atom. The number of ketones is 1. The third-order valence-electron chi connectivity index (χ3n) is 5.11. The van der Waals surface area contributed by atoms with Crippen LogP contribution in [0.25, 0.3) is 11.1 Å². The Hall–Kier alpha value is -2.17. The van der Waals surface area contributed by atoms with E-state index >= 15 is 0 Å². The largest absolute Gasteiger partial charge is 0.349 e. The van der Waals surface area contributed by atoms with Gasteiger partial charge in [-0.05, 0) is 60.1 Å². The maximum absolute atomic E-state index is 12.3. The summed E-state index contributed by atoms with van der Waals surface area (Å²) in [5, 5.41) is 3.02. The molecule has 2 aromatic rings. The van der Waals surface area contributed by atoms with Crippen LogP contribution in [0.2, 0.25) is 0 Å². The highest BCUT2D eigenvalue weighted by atomic mass is 35.5. The van der Waals surface area contributed by atoms with E-state index in [2.05, 4.69) is 11.4 Å². The molecular formula is C21H23ClN2O2. The average Bonchev–Trinajstić information content (AvgIpc) is 3.45. The molecule has 2 aliphatic rings. The quantitative estimate of drug-likeness (QED) is 0.815. The summed E-state index contributed by atoms with van der Waals surface area (Å²) in [6.45, 7) is 0. The van der Waals surface area contributed by atoms with E-state index in [4.69, 9.17) is 5.73 Å². The minimum atomic E-state index is -0.379. The molecule has 136 valence electrons. The van der Waals surface area contributed by atoms with Crippen molar-refractivity contribution >= 4 is 24.1 Å². The van der Waals surface area contributed by atoms with Gasteiger partial charge in [-0.25, -0.2) is 0 Å². The Labute approximate surface area is 159 Å². The van der Waals surface area contributed by atoms with Crippen LogP contribution in [0.4, 0.5) is 0 Å². The molecule has 0 saturated heterocycles. The Bertz CT molecular complexity index is 846. The summed E-state index contributed by atoms with van der Waals surface area (Å²) >= 11 is 0. The van der Waals surface area contributed by atoms with Crippen molar-refractivity contribution in [2.24, 2.45) is 5.73 Å². The Morgan fingerprint density at radius 2 is 1.85 bits per heavy atom. The molecule has 2 aromatic carbocycles. The highest BCUT2D eigenvalue weighted by Gasteiger charge is 2.25. The molecule has 1 fully saturated rings. The number of benzene rings is 2. The number of carbonyl (C=O) groups excluding carboxylic acids is 2. The first kappa shape index (κ1) is 18.6. The number of fused-ring (bicyclic) bond motifs is 1. The van der Waals surface area contributed by atoms with Crippen LogP contribution < -0.4 is 11.1 Å². The molecule has 26 heavy (non-hydrogen) atoms. The number of aryl methyl sites for hydroxylation is 1. The minimum Gasteiger partial charge on any atom is -0.349 e. The zero-order valence-electron chi connectivity index (χ0n) is 14.5. The fraction of sp³-hybridized carbons (Fsp3) is 0.333. The van der Waals surface area contributed by atoms with Gasteiger partial charge in [0.2, 0.25) is 0 Å². The van der Waals surface area contributed by atoms with E-state index in [1.54, 1.807) is 0 Å². The smallest absolute Gasteiger partial charge is 0.251 e. The summed E-state index contributed by atoms with van der Waals surface area (Å²) in [6, 6.07) is 13.7. The topological polar surface area (TPSA) is 72.2 Å². The monoisotopic (exact) mass is 370 g/mol. The zero-order valence-corrected chi connectivity index (χ0v) is 15.4. The van der Waals surface area contributed by atoms with Crippen LogP contribution in [0.3, 0.4) is 0 Å². The van der Waals surface area contributed by atoms with Gasteiger partial charge in [0.15, 0.2) is 5.78 Å². The van der Waals surface area contributed by atoms with E-state index in [0.717, 1.165) is 36.0 Å². The maximum atomic E-state index is 12.3. The molecule has 0 aliphatic heterocycles. The van der Waals surface area contributed by atoms with Crippen molar-refractivity contribution in [3.63, 3.8) is 0 Å². The normalized spacial score (nSPS) is 19.1. The van der Waals surface area contributed by atoms with Gasteiger partial charge in [0.25, 0.3) is 5.91 Å². The van der Waals surface area contributed by atoms with Crippen molar-refractivity contribution in [2.75, 3.05) is 0 Å². The lowest BCUT2D eigenvalue weighted by Gasteiger charge is -2.13. The van der Waals surface area contributed by atoms with E-state index in [1.807, 2.05) is 36.4 Å². The number of hydrogen-bond donors (Lipinski definition) is 2. The summed E-state index contributed by atoms with van der Waals surface area (Å²) in [5.41, 5.74) is 10.9. The molecule has 0 spiro atoms. The second-order valence-corrected chi connectivity index (χ2v) is 7.06. The fourth-order valence-corrected chi connectivity index (χ4v) is 3.45. The number of amides is 1. The Morgan fingerprint density at radius 1 is 1.08 bits per heavy atom. The maximum Gasteiger partial charge on any atom is 0.251 e. The highest BCUT2D eigenvalue weighted by molar-refractivity contribution is 5.96. The number of rotatable bonds is 3.